The largest absolute Gasteiger partial charge is 0.493 e. The third-order valence-corrected chi connectivity index (χ3v) is 2.69. The van der Waals surface area contributed by atoms with Crippen LogP contribution in [0.1, 0.15) is 17.3 Å². The fourth-order valence-corrected chi connectivity index (χ4v) is 1.90. The number of hydrogen-bond donors (Lipinski definition) is 1. The summed E-state index contributed by atoms with van der Waals surface area (Å²) < 4.78 is 18.8. The minimum absolute atomic E-state index is 0.0496. The van der Waals surface area contributed by atoms with Gasteiger partial charge in [0.1, 0.15) is 11.6 Å². The first-order valence-corrected chi connectivity index (χ1v) is 5.88. The molecule has 0 heterocycles. The average molecular weight is 260 g/mol. The van der Waals surface area contributed by atoms with Crippen molar-refractivity contribution in [1.82, 2.24) is 0 Å². The summed E-state index contributed by atoms with van der Waals surface area (Å²) in [6, 6.07) is 10.6. The van der Waals surface area contributed by atoms with E-state index >= 15 is 0 Å². The molecule has 0 aromatic heterocycles. The van der Waals surface area contributed by atoms with Gasteiger partial charge in [-0.3, -0.25) is 0 Å². The quantitative estimate of drug-likeness (QED) is 0.913. The number of benzene rings is 2. The number of carboxylic acid groups (broad SMARTS) is 1. The Bertz CT molecular complexity index is 608. The number of para-hydroxylation sites is 1. The van der Waals surface area contributed by atoms with Crippen LogP contribution in [0.2, 0.25) is 0 Å². The molecule has 19 heavy (non-hydrogen) atoms. The highest BCUT2D eigenvalue weighted by atomic mass is 19.1. The lowest BCUT2D eigenvalue weighted by molar-refractivity contribution is 0.0697. The molecule has 0 unspecified atom stereocenters. The molecule has 0 radical (unpaired) electrons. The van der Waals surface area contributed by atoms with E-state index < -0.39 is 11.8 Å². The molecule has 0 aliphatic carbocycles. The number of ether oxygens (including phenoxy) is 1. The summed E-state index contributed by atoms with van der Waals surface area (Å²) in [6.45, 7) is 2.29. The van der Waals surface area contributed by atoms with Crippen molar-refractivity contribution in [2.24, 2.45) is 0 Å². The van der Waals surface area contributed by atoms with Crippen molar-refractivity contribution in [3.05, 3.63) is 53.8 Å². The predicted octanol–water partition coefficient (Wildman–Crippen LogP) is 3.59. The van der Waals surface area contributed by atoms with Gasteiger partial charge in [-0.1, -0.05) is 18.2 Å². The van der Waals surface area contributed by atoms with Crippen LogP contribution in [-0.4, -0.2) is 17.7 Å². The molecule has 0 saturated carbocycles. The second-order valence-electron chi connectivity index (χ2n) is 3.92. The maximum atomic E-state index is 13.4. The number of hydrogen-bond acceptors (Lipinski definition) is 2. The van der Waals surface area contributed by atoms with E-state index in [4.69, 9.17) is 4.74 Å². The molecule has 0 bridgehead atoms. The van der Waals surface area contributed by atoms with Crippen molar-refractivity contribution in [3.8, 4) is 16.9 Å². The van der Waals surface area contributed by atoms with Crippen LogP contribution in [0.5, 0.6) is 5.75 Å². The Kier molecular flexibility index (Phi) is 3.80. The van der Waals surface area contributed by atoms with Crippen LogP contribution in [-0.2, 0) is 0 Å². The summed E-state index contributed by atoms with van der Waals surface area (Å²) in [5.74, 6) is -1.04. The summed E-state index contributed by atoms with van der Waals surface area (Å²) in [6.07, 6.45) is 0. The highest BCUT2D eigenvalue weighted by Crippen LogP contribution is 2.32. The topological polar surface area (TPSA) is 46.5 Å². The molecule has 0 saturated heterocycles. The third kappa shape index (κ3) is 2.73. The first-order valence-electron chi connectivity index (χ1n) is 5.88. The third-order valence-electron chi connectivity index (χ3n) is 2.69. The van der Waals surface area contributed by atoms with Gasteiger partial charge >= 0.3 is 5.97 Å². The Morgan fingerprint density at radius 3 is 2.63 bits per heavy atom. The molecule has 1 N–H and O–H groups in total. The van der Waals surface area contributed by atoms with Crippen molar-refractivity contribution in [3.63, 3.8) is 0 Å². The molecular formula is C15H13FO3. The molecule has 0 atom stereocenters. The van der Waals surface area contributed by atoms with E-state index in [2.05, 4.69) is 0 Å². The zero-order valence-electron chi connectivity index (χ0n) is 10.4. The molecule has 2 rings (SSSR count). The van der Waals surface area contributed by atoms with Crippen LogP contribution in [0, 0.1) is 5.82 Å². The van der Waals surface area contributed by atoms with Crippen LogP contribution in [0.3, 0.4) is 0 Å². The maximum Gasteiger partial charge on any atom is 0.336 e. The predicted molar refractivity (Wildman–Crippen MR) is 70.0 cm³/mol. The van der Waals surface area contributed by atoms with Gasteiger partial charge in [-0.25, -0.2) is 9.18 Å². The zero-order chi connectivity index (χ0) is 13.8. The number of rotatable bonds is 4. The number of halogens is 1. The summed E-state index contributed by atoms with van der Waals surface area (Å²) in [4.78, 5) is 11.2. The van der Waals surface area contributed by atoms with E-state index in [9.17, 15) is 14.3 Å². The van der Waals surface area contributed by atoms with E-state index in [1.165, 1.54) is 12.1 Å². The van der Waals surface area contributed by atoms with Crippen molar-refractivity contribution in [1.29, 1.82) is 0 Å². The molecule has 2 aromatic rings. The average Bonchev–Trinajstić information content (AvgIpc) is 2.39. The molecule has 4 heteroatoms. The van der Waals surface area contributed by atoms with Crippen molar-refractivity contribution < 1.29 is 19.0 Å². The lowest BCUT2D eigenvalue weighted by atomic mass is 9.98. The van der Waals surface area contributed by atoms with Gasteiger partial charge in [0, 0.05) is 11.1 Å². The zero-order valence-corrected chi connectivity index (χ0v) is 10.4. The van der Waals surface area contributed by atoms with Crippen LogP contribution in [0.15, 0.2) is 42.5 Å². The van der Waals surface area contributed by atoms with Gasteiger partial charge in [0.05, 0.1) is 12.2 Å². The minimum atomic E-state index is -1.10. The lowest BCUT2D eigenvalue weighted by Crippen LogP contribution is -2.02. The smallest absolute Gasteiger partial charge is 0.336 e. The molecule has 0 amide bonds. The molecule has 0 aliphatic heterocycles. The molecule has 0 fully saturated rings. The fraction of sp³-hybridized carbons (Fsp3) is 0.133. The molecule has 2 aromatic carbocycles. The molecule has 3 nitrogen and oxygen atoms in total. The normalized spacial score (nSPS) is 10.2. The summed E-state index contributed by atoms with van der Waals surface area (Å²) in [7, 11) is 0. The van der Waals surface area contributed by atoms with Gasteiger partial charge in [-0.15, -0.1) is 0 Å². The van der Waals surface area contributed by atoms with Crippen LogP contribution < -0.4 is 4.74 Å². The Morgan fingerprint density at radius 1 is 1.21 bits per heavy atom. The molecule has 98 valence electrons. The molecular weight excluding hydrogens is 247 g/mol. The van der Waals surface area contributed by atoms with E-state index in [1.54, 1.807) is 24.3 Å². The summed E-state index contributed by atoms with van der Waals surface area (Å²) in [5.41, 5.74) is 0.936. The van der Waals surface area contributed by atoms with Crippen molar-refractivity contribution in [2.45, 2.75) is 6.92 Å². The standard InChI is InChI=1S/C15H13FO3/c1-2-19-14-6-4-3-5-11(14)13-9-10(16)7-8-12(13)15(17)18/h3-9H,2H2,1H3,(H,17,18). The number of carboxylic acids is 1. The summed E-state index contributed by atoms with van der Waals surface area (Å²) >= 11 is 0. The molecule has 0 aliphatic rings. The minimum Gasteiger partial charge on any atom is -0.493 e. The second-order valence-corrected chi connectivity index (χ2v) is 3.92. The van der Waals surface area contributed by atoms with Gasteiger partial charge in [0.2, 0.25) is 0 Å². The Morgan fingerprint density at radius 2 is 1.95 bits per heavy atom. The monoisotopic (exact) mass is 260 g/mol. The second kappa shape index (κ2) is 5.52. The van der Waals surface area contributed by atoms with Gasteiger partial charge in [0.15, 0.2) is 0 Å². The van der Waals surface area contributed by atoms with Gasteiger partial charge in [0.25, 0.3) is 0 Å². The van der Waals surface area contributed by atoms with Crippen molar-refractivity contribution >= 4 is 5.97 Å². The lowest BCUT2D eigenvalue weighted by Gasteiger charge is -2.12. The van der Waals surface area contributed by atoms with E-state index in [0.717, 1.165) is 6.07 Å². The van der Waals surface area contributed by atoms with E-state index in [-0.39, 0.29) is 5.56 Å². The fourth-order valence-electron chi connectivity index (χ4n) is 1.90. The SMILES string of the molecule is CCOc1ccccc1-c1cc(F)ccc1C(=O)O. The maximum absolute atomic E-state index is 13.4. The number of aromatic carboxylic acids is 1. The highest BCUT2D eigenvalue weighted by Gasteiger charge is 2.15. The first kappa shape index (κ1) is 13.1. The van der Waals surface area contributed by atoms with E-state index in [0.29, 0.717) is 23.5 Å². The van der Waals surface area contributed by atoms with Crippen LogP contribution in [0.25, 0.3) is 11.1 Å². The van der Waals surface area contributed by atoms with E-state index in [1.807, 2.05) is 6.92 Å². The number of carbonyl (C=O) groups is 1. The summed E-state index contributed by atoms with van der Waals surface area (Å²) in [5, 5.41) is 9.18. The van der Waals surface area contributed by atoms with Crippen LogP contribution in [0.4, 0.5) is 4.39 Å². The van der Waals surface area contributed by atoms with Crippen molar-refractivity contribution in [2.75, 3.05) is 6.61 Å². The first-order chi connectivity index (χ1) is 9.13. The van der Waals surface area contributed by atoms with Gasteiger partial charge in [-0.05, 0) is 31.2 Å². The van der Waals surface area contributed by atoms with Gasteiger partial charge < -0.3 is 9.84 Å². The molecule has 0 spiro atoms. The Labute approximate surface area is 110 Å². The Balaban J connectivity index is 2.64. The van der Waals surface area contributed by atoms with Gasteiger partial charge in [-0.2, -0.15) is 0 Å². The Hall–Kier alpha value is -2.36. The highest BCUT2D eigenvalue weighted by molar-refractivity contribution is 5.96. The van der Waals surface area contributed by atoms with Crippen LogP contribution >= 0.6 is 0 Å².